The van der Waals surface area contributed by atoms with Gasteiger partial charge in [0.1, 0.15) is 0 Å². The van der Waals surface area contributed by atoms with Gasteiger partial charge in [0.05, 0.1) is 13.5 Å². The molecule has 0 aliphatic heterocycles. The van der Waals surface area contributed by atoms with Crippen molar-refractivity contribution in [3.05, 3.63) is 0 Å². The first-order chi connectivity index (χ1) is 6.11. The van der Waals surface area contributed by atoms with Crippen molar-refractivity contribution in [1.82, 2.24) is 4.90 Å². The van der Waals surface area contributed by atoms with Crippen molar-refractivity contribution >= 4 is 11.9 Å². The van der Waals surface area contributed by atoms with Gasteiger partial charge in [0.25, 0.3) is 0 Å². The molecule has 0 radical (unpaired) electrons. The van der Waals surface area contributed by atoms with Crippen LogP contribution in [0.15, 0.2) is 0 Å². The van der Waals surface area contributed by atoms with Crippen molar-refractivity contribution in [3.8, 4) is 0 Å². The molecule has 0 aromatic rings. The number of hydrogen-bond acceptors (Lipinski definition) is 3. The van der Waals surface area contributed by atoms with E-state index in [0.717, 1.165) is 13.0 Å². The van der Waals surface area contributed by atoms with Gasteiger partial charge in [0, 0.05) is 20.0 Å². The highest BCUT2D eigenvalue weighted by Gasteiger charge is 2.10. The maximum atomic E-state index is 11.3. The Labute approximate surface area is 78.9 Å². The second kappa shape index (κ2) is 6.46. The normalized spacial score (nSPS) is 9.46. The van der Waals surface area contributed by atoms with Crippen molar-refractivity contribution in [2.75, 3.05) is 20.7 Å². The van der Waals surface area contributed by atoms with Crippen molar-refractivity contribution < 1.29 is 14.3 Å². The van der Waals surface area contributed by atoms with Gasteiger partial charge in [0.2, 0.25) is 5.91 Å². The van der Waals surface area contributed by atoms with Gasteiger partial charge < -0.3 is 9.64 Å². The lowest BCUT2D eigenvalue weighted by atomic mass is 10.3. The molecule has 76 valence electrons. The molecule has 0 bridgehead atoms. The molecule has 0 fully saturated rings. The standard InChI is InChI=1S/C9H17NO3/c1-4-7-10(2)8(11)5-6-9(12)13-3/h4-7H2,1-3H3. The second-order valence-electron chi connectivity index (χ2n) is 2.89. The van der Waals surface area contributed by atoms with Gasteiger partial charge in [-0.3, -0.25) is 9.59 Å². The van der Waals surface area contributed by atoms with Crippen LogP contribution < -0.4 is 0 Å². The van der Waals surface area contributed by atoms with Crippen molar-refractivity contribution in [1.29, 1.82) is 0 Å². The number of methoxy groups -OCH3 is 1. The molecule has 0 saturated carbocycles. The molecule has 0 aliphatic rings. The Bertz CT molecular complexity index is 180. The summed E-state index contributed by atoms with van der Waals surface area (Å²) in [5.41, 5.74) is 0. The molecule has 0 aromatic heterocycles. The van der Waals surface area contributed by atoms with Crippen LogP contribution in [0.5, 0.6) is 0 Å². The predicted molar refractivity (Wildman–Crippen MR) is 49.2 cm³/mol. The third-order valence-electron chi connectivity index (χ3n) is 1.76. The minimum atomic E-state index is -0.335. The minimum Gasteiger partial charge on any atom is -0.469 e. The second-order valence-corrected chi connectivity index (χ2v) is 2.89. The smallest absolute Gasteiger partial charge is 0.306 e. The van der Waals surface area contributed by atoms with Crippen LogP contribution in [0.1, 0.15) is 26.2 Å². The molecule has 0 unspecified atom stereocenters. The Morgan fingerprint density at radius 1 is 1.31 bits per heavy atom. The average Bonchev–Trinajstić information content (AvgIpc) is 2.13. The monoisotopic (exact) mass is 187 g/mol. The van der Waals surface area contributed by atoms with Gasteiger partial charge >= 0.3 is 5.97 Å². The van der Waals surface area contributed by atoms with E-state index in [4.69, 9.17) is 0 Å². The fraction of sp³-hybridized carbons (Fsp3) is 0.778. The van der Waals surface area contributed by atoms with E-state index in [1.54, 1.807) is 11.9 Å². The molecule has 0 aliphatic carbocycles. The Balaban J connectivity index is 3.67. The van der Waals surface area contributed by atoms with Crippen LogP contribution in [-0.2, 0) is 14.3 Å². The van der Waals surface area contributed by atoms with Crippen LogP contribution in [0.2, 0.25) is 0 Å². The van der Waals surface area contributed by atoms with E-state index in [2.05, 4.69) is 4.74 Å². The zero-order chi connectivity index (χ0) is 10.3. The van der Waals surface area contributed by atoms with Crippen LogP contribution >= 0.6 is 0 Å². The summed E-state index contributed by atoms with van der Waals surface area (Å²) < 4.78 is 4.43. The maximum Gasteiger partial charge on any atom is 0.306 e. The van der Waals surface area contributed by atoms with E-state index >= 15 is 0 Å². The van der Waals surface area contributed by atoms with E-state index in [1.165, 1.54) is 7.11 Å². The number of ether oxygens (including phenoxy) is 1. The fourth-order valence-electron chi connectivity index (χ4n) is 0.962. The summed E-state index contributed by atoms with van der Waals surface area (Å²) in [6.07, 6.45) is 1.34. The number of hydrogen-bond donors (Lipinski definition) is 0. The van der Waals surface area contributed by atoms with Gasteiger partial charge in [-0.05, 0) is 6.42 Å². The zero-order valence-corrected chi connectivity index (χ0v) is 8.50. The highest BCUT2D eigenvalue weighted by molar-refractivity contribution is 5.81. The lowest BCUT2D eigenvalue weighted by molar-refractivity contribution is -0.143. The number of carbonyl (C=O) groups is 2. The largest absolute Gasteiger partial charge is 0.469 e. The molecule has 13 heavy (non-hydrogen) atoms. The number of rotatable bonds is 5. The number of carbonyl (C=O) groups excluding carboxylic acids is 2. The summed E-state index contributed by atoms with van der Waals surface area (Å²) >= 11 is 0. The lowest BCUT2D eigenvalue weighted by Gasteiger charge is -2.15. The van der Waals surface area contributed by atoms with E-state index in [-0.39, 0.29) is 24.7 Å². The fourth-order valence-corrected chi connectivity index (χ4v) is 0.962. The Hall–Kier alpha value is -1.06. The first-order valence-corrected chi connectivity index (χ1v) is 4.42. The van der Waals surface area contributed by atoms with Crippen LogP contribution in [0.3, 0.4) is 0 Å². The van der Waals surface area contributed by atoms with Crippen LogP contribution in [0.25, 0.3) is 0 Å². The maximum absolute atomic E-state index is 11.3. The van der Waals surface area contributed by atoms with Crippen molar-refractivity contribution in [2.45, 2.75) is 26.2 Å². The molecule has 0 aromatic carbocycles. The lowest BCUT2D eigenvalue weighted by Crippen LogP contribution is -2.27. The summed E-state index contributed by atoms with van der Waals surface area (Å²) in [4.78, 5) is 23.6. The first kappa shape index (κ1) is 11.9. The first-order valence-electron chi connectivity index (χ1n) is 4.42. The zero-order valence-electron chi connectivity index (χ0n) is 8.50. The molecule has 0 atom stereocenters. The molecular weight excluding hydrogens is 170 g/mol. The van der Waals surface area contributed by atoms with Crippen LogP contribution in [0.4, 0.5) is 0 Å². The van der Waals surface area contributed by atoms with Gasteiger partial charge in [-0.15, -0.1) is 0 Å². The summed E-state index contributed by atoms with van der Waals surface area (Å²) in [6, 6.07) is 0. The van der Waals surface area contributed by atoms with E-state index < -0.39 is 0 Å². The molecular formula is C9H17NO3. The highest BCUT2D eigenvalue weighted by Crippen LogP contribution is 1.97. The third kappa shape index (κ3) is 5.22. The molecule has 0 N–H and O–H groups in total. The van der Waals surface area contributed by atoms with Gasteiger partial charge in [-0.25, -0.2) is 0 Å². The van der Waals surface area contributed by atoms with Gasteiger partial charge in [-0.1, -0.05) is 6.92 Å². The van der Waals surface area contributed by atoms with E-state index in [0.29, 0.717) is 0 Å². The van der Waals surface area contributed by atoms with Gasteiger partial charge in [-0.2, -0.15) is 0 Å². The molecule has 4 heteroatoms. The summed E-state index contributed by atoms with van der Waals surface area (Å²) in [7, 11) is 3.06. The van der Waals surface area contributed by atoms with Crippen molar-refractivity contribution in [3.63, 3.8) is 0 Å². The van der Waals surface area contributed by atoms with Crippen molar-refractivity contribution in [2.24, 2.45) is 0 Å². The quantitative estimate of drug-likeness (QED) is 0.598. The Kier molecular flexibility index (Phi) is 5.93. The molecule has 0 spiro atoms. The molecule has 0 heterocycles. The number of nitrogens with zero attached hydrogens (tertiary/aromatic N) is 1. The van der Waals surface area contributed by atoms with E-state index in [1.807, 2.05) is 6.92 Å². The Morgan fingerprint density at radius 2 is 1.92 bits per heavy atom. The van der Waals surface area contributed by atoms with Gasteiger partial charge in [0.15, 0.2) is 0 Å². The Morgan fingerprint density at radius 3 is 2.38 bits per heavy atom. The summed E-state index contributed by atoms with van der Waals surface area (Å²) in [6.45, 7) is 2.74. The topological polar surface area (TPSA) is 46.6 Å². The predicted octanol–water partition coefficient (Wildman–Crippen LogP) is 0.808. The summed E-state index contributed by atoms with van der Waals surface area (Å²) in [5, 5.41) is 0. The van der Waals surface area contributed by atoms with E-state index in [9.17, 15) is 9.59 Å². The minimum absolute atomic E-state index is 0.00718. The highest BCUT2D eigenvalue weighted by atomic mass is 16.5. The average molecular weight is 187 g/mol. The molecule has 0 saturated heterocycles. The summed E-state index contributed by atoms with van der Waals surface area (Å²) in [5.74, 6) is -0.342. The number of esters is 1. The number of amides is 1. The molecule has 4 nitrogen and oxygen atoms in total. The SMILES string of the molecule is CCCN(C)C(=O)CCC(=O)OC. The molecule has 1 amide bonds. The van der Waals surface area contributed by atoms with Crippen LogP contribution in [0, 0.1) is 0 Å². The third-order valence-corrected chi connectivity index (χ3v) is 1.76. The molecule has 0 rings (SSSR count). The van der Waals surface area contributed by atoms with Crippen LogP contribution in [-0.4, -0.2) is 37.5 Å².